The highest BCUT2D eigenvalue weighted by Gasteiger charge is 2.44. The zero-order valence-electron chi connectivity index (χ0n) is 37.2. The number of hydrogen-bond donors (Lipinski definition) is 4. The predicted octanol–water partition coefficient (Wildman–Crippen LogP) is 10.9. The van der Waals surface area contributed by atoms with Gasteiger partial charge in [0.05, 0.1) is 19.8 Å². The Kier molecular flexibility index (Phi) is 38.0. The molecule has 0 aromatic rings. The molecule has 4 N–H and O–H groups in total. The smallest absolute Gasteiger partial charge is 0.306 e. The molecule has 340 valence electrons. The molecule has 0 radical (unpaired) electrons. The van der Waals surface area contributed by atoms with Gasteiger partial charge >= 0.3 is 5.97 Å². The standard InChI is InChI=1S/C50H86O9/c1-3-5-7-9-11-13-15-17-19-20-21-22-23-24-25-26-28-30-32-34-36-38-40-56-42-44(43-57-50-49(55)48(54)47(53)45(41-51)59-50)58-46(52)39-37-35-33-31-29-27-18-16-14-12-10-8-6-4-2/h5,7,10-13,16-19,21-22,44-45,47-51,53-55H,3-4,6,8-9,14-15,20,23-43H2,1-2H3/b7-5-,12-10-,13-11-,18-16-,19-17-,22-21-. The lowest BCUT2D eigenvalue weighted by Crippen LogP contribution is -2.59. The Balaban J connectivity index is 2.24. The van der Waals surface area contributed by atoms with Crippen LogP contribution in [0.2, 0.25) is 0 Å². The number of esters is 1. The molecule has 1 aliphatic rings. The summed E-state index contributed by atoms with van der Waals surface area (Å²) in [6.07, 6.45) is 46.4. The Morgan fingerprint density at radius 2 is 1.03 bits per heavy atom. The molecule has 6 atom stereocenters. The summed E-state index contributed by atoms with van der Waals surface area (Å²) in [6.45, 7) is 4.36. The Morgan fingerprint density at radius 3 is 1.56 bits per heavy atom. The van der Waals surface area contributed by atoms with Crippen LogP contribution in [0.25, 0.3) is 0 Å². The highest BCUT2D eigenvalue weighted by atomic mass is 16.7. The van der Waals surface area contributed by atoms with Gasteiger partial charge in [0.1, 0.15) is 30.5 Å². The van der Waals surface area contributed by atoms with E-state index in [0.717, 1.165) is 96.3 Å². The van der Waals surface area contributed by atoms with Gasteiger partial charge < -0.3 is 39.4 Å². The molecule has 1 rings (SSSR count). The van der Waals surface area contributed by atoms with E-state index in [4.69, 9.17) is 18.9 Å². The number of carbonyl (C=O) groups is 1. The first-order chi connectivity index (χ1) is 28.9. The van der Waals surface area contributed by atoms with Gasteiger partial charge in [-0.05, 0) is 77.0 Å². The number of aliphatic hydroxyl groups excluding tert-OH is 4. The van der Waals surface area contributed by atoms with Crippen molar-refractivity contribution in [3.05, 3.63) is 72.9 Å². The minimum Gasteiger partial charge on any atom is -0.457 e. The summed E-state index contributed by atoms with van der Waals surface area (Å²) >= 11 is 0. The topological polar surface area (TPSA) is 135 Å². The minimum absolute atomic E-state index is 0.125. The maximum atomic E-state index is 12.8. The van der Waals surface area contributed by atoms with E-state index >= 15 is 0 Å². The van der Waals surface area contributed by atoms with Gasteiger partial charge in [0.15, 0.2) is 6.29 Å². The fourth-order valence-electron chi connectivity index (χ4n) is 6.67. The van der Waals surface area contributed by atoms with E-state index in [1.165, 1.54) is 57.8 Å². The number of hydrogen-bond acceptors (Lipinski definition) is 9. The molecule has 0 aromatic carbocycles. The van der Waals surface area contributed by atoms with E-state index < -0.39 is 43.4 Å². The summed E-state index contributed by atoms with van der Waals surface area (Å²) in [5.74, 6) is -0.333. The SMILES string of the molecule is CC/C=C\C/C=C\C/C=C\C/C=C\CCCCCCCCCCCOCC(COC1OC(CO)C(O)C(O)C1O)OC(=O)CCCCCCC/C=C\C/C=C\CCCC. The molecular weight excluding hydrogens is 745 g/mol. The van der Waals surface area contributed by atoms with E-state index in [1.54, 1.807) is 0 Å². The summed E-state index contributed by atoms with van der Waals surface area (Å²) in [6, 6.07) is 0. The zero-order valence-corrected chi connectivity index (χ0v) is 37.2. The van der Waals surface area contributed by atoms with E-state index in [2.05, 4.69) is 86.8 Å². The first-order valence-corrected chi connectivity index (χ1v) is 23.5. The lowest BCUT2D eigenvalue weighted by Gasteiger charge is -2.39. The van der Waals surface area contributed by atoms with Gasteiger partial charge in [0.25, 0.3) is 0 Å². The van der Waals surface area contributed by atoms with Crippen molar-refractivity contribution in [3.63, 3.8) is 0 Å². The second kappa shape index (κ2) is 41.0. The molecule has 1 fully saturated rings. The summed E-state index contributed by atoms with van der Waals surface area (Å²) in [5, 5.41) is 40.1. The first-order valence-electron chi connectivity index (χ1n) is 23.5. The Labute approximate surface area is 359 Å². The first kappa shape index (κ1) is 54.6. The lowest BCUT2D eigenvalue weighted by atomic mass is 9.99. The molecule has 1 aliphatic heterocycles. The van der Waals surface area contributed by atoms with Crippen molar-refractivity contribution in [1.29, 1.82) is 0 Å². The van der Waals surface area contributed by atoms with Crippen molar-refractivity contribution in [2.45, 2.75) is 211 Å². The van der Waals surface area contributed by atoms with Crippen molar-refractivity contribution < 1.29 is 44.2 Å². The van der Waals surface area contributed by atoms with Gasteiger partial charge in [-0.15, -0.1) is 0 Å². The van der Waals surface area contributed by atoms with Crippen molar-refractivity contribution in [2.75, 3.05) is 26.4 Å². The van der Waals surface area contributed by atoms with Crippen LogP contribution in [0.1, 0.15) is 174 Å². The molecule has 0 amide bonds. The second-order valence-electron chi connectivity index (χ2n) is 15.8. The van der Waals surface area contributed by atoms with Crippen LogP contribution in [0.4, 0.5) is 0 Å². The van der Waals surface area contributed by atoms with Crippen LogP contribution in [-0.2, 0) is 23.7 Å². The fraction of sp³-hybridized carbons (Fsp3) is 0.740. The van der Waals surface area contributed by atoms with Crippen LogP contribution < -0.4 is 0 Å². The zero-order chi connectivity index (χ0) is 42.9. The van der Waals surface area contributed by atoms with E-state index in [0.29, 0.717) is 13.0 Å². The van der Waals surface area contributed by atoms with Crippen LogP contribution in [0.15, 0.2) is 72.9 Å². The molecule has 9 nitrogen and oxygen atoms in total. The molecule has 0 saturated carbocycles. The molecular formula is C50H86O9. The third-order valence-corrected chi connectivity index (χ3v) is 10.4. The summed E-state index contributed by atoms with van der Waals surface area (Å²) < 4.78 is 22.8. The van der Waals surface area contributed by atoms with Crippen molar-refractivity contribution >= 4 is 5.97 Å². The molecule has 59 heavy (non-hydrogen) atoms. The quantitative estimate of drug-likeness (QED) is 0.0271. The van der Waals surface area contributed by atoms with Gasteiger partial charge in [-0.3, -0.25) is 4.79 Å². The Morgan fingerprint density at radius 1 is 0.559 bits per heavy atom. The average Bonchev–Trinajstić information content (AvgIpc) is 3.24. The third-order valence-electron chi connectivity index (χ3n) is 10.4. The van der Waals surface area contributed by atoms with Crippen molar-refractivity contribution in [3.8, 4) is 0 Å². The van der Waals surface area contributed by atoms with Crippen molar-refractivity contribution in [1.82, 2.24) is 0 Å². The Bertz CT molecular complexity index is 1130. The molecule has 0 bridgehead atoms. The molecule has 0 aliphatic carbocycles. The summed E-state index contributed by atoms with van der Waals surface area (Å²) in [7, 11) is 0. The number of allylic oxidation sites excluding steroid dienone is 12. The molecule has 9 heteroatoms. The number of unbranched alkanes of at least 4 members (excludes halogenated alkanes) is 16. The lowest BCUT2D eigenvalue weighted by molar-refractivity contribution is -0.305. The summed E-state index contributed by atoms with van der Waals surface area (Å²) in [4.78, 5) is 12.8. The monoisotopic (exact) mass is 831 g/mol. The second-order valence-corrected chi connectivity index (χ2v) is 15.8. The number of aliphatic hydroxyl groups is 4. The van der Waals surface area contributed by atoms with Crippen LogP contribution in [0.3, 0.4) is 0 Å². The average molecular weight is 831 g/mol. The third kappa shape index (κ3) is 32.1. The molecule has 1 saturated heterocycles. The van der Waals surface area contributed by atoms with E-state index in [-0.39, 0.29) is 19.2 Å². The van der Waals surface area contributed by atoms with Crippen LogP contribution >= 0.6 is 0 Å². The van der Waals surface area contributed by atoms with Crippen LogP contribution in [-0.4, -0.2) is 89.6 Å². The molecule has 6 unspecified atom stereocenters. The maximum Gasteiger partial charge on any atom is 0.306 e. The fourth-order valence-corrected chi connectivity index (χ4v) is 6.67. The number of carbonyl (C=O) groups excluding carboxylic acids is 1. The largest absolute Gasteiger partial charge is 0.457 e. The van der Waals surface area contributed by atoms with Crippen molar-refractivity contribution in [2.24, 2.45) is 0 Å². The Hall–Kier alpha value is -2.37. The minimum atomic E-state index is -1.54. The van der Waals surface area contributed by atoms with Gasteiger partial charge in [-0.25, -0.2) is 0 Å². The van der Waals surface area contributed by atoms with E-state index in [9.17, 15) is 25.2 Å². The predicted molar refractivity (Wildman–Crippen MR) is 242 cm³/mol. The maximum absolute atomic E-state index is 12.8. The molecule has 1 heterocycles. The highest BCUT2D eigenvalue weighted by molar-refractivity contribution is 5.69. The number of rotatable bonds is 39. The van der Waals surface area contributed by atoms with Crippen LogP contribution in [0, 0.1) is 0 Å². The van der Waals surface area contributed by atoms with Gasteiger partial charge in [0, 0.05) is 13.0 Å². The van der Waals surface area contributed by atoms with E-state index in [1.807, 2.05) is 0 Å². The normalized spacial score (nSPS) is 20.8. The van der Waals surface area contributed by atoms with Gasteiger partial charge in [0.2, 0.25) is 0 Å². The number of ether oxygens (including phenoxy) is 4. The van der Waals surface area contributed by atoms with Gasteiger partial charge in [-0.1, -0.05) is 164 Å². The summed E-state index contributed by atoms with van der Waals surface area (Å²) in [5.41, 5.74) is 0. The van der Waals surface area contributed by atoms with Gasteiger partial charge in [-0.2, -0.15) is 0 Å². The van der Waals surface area contributed by atoms with Crippen LogP contribution in [0.5, 0.6) is 0 Å². The highest BCUT2D eigenvalue weighted by Crippen LogP contribution is 2.22. The molecule has 0 aromatic heterocycles. The molecule has 0 spiro atoms.